The maximum absolute atomic E-state index is 10.8. The Kier molecular flexibility index (Phi) is 4.93. The molecule has 0 spiro atoms. The minimum atomic E-state index is -0.879. The fourth-order valence-corrected chi connectivity index (χ4v) is 3.03. The van der Waals surface area contributed by atoms with Crippen LogP contribution >= 0.6 is 0 Å². The van der Waals surface area contributed by atoms with Gasteiger partial charge in [0.05, 0.1) is 5.56 Å². The number of carbonyl (C=O) groups is 1. The summed E-state index contributed by atoms with van der Waals surface area (Å²) in [6.45, 7) is 3.92. The van der Waals surface area contributed by atoms with E-state index in [-0.39, 0.29) is 0 Å². The van der Waals surface area contributed by atoms with Gasteiger partial charge in [0.2, 0.25) is 0 Å². The molecule has 1 aliphatic heterocycles. The summed E-state index contributed by atoms with van der Waals surface area (Å²) in [6.07, 6.45) is 2.25. The molecule has 1 aliphatic rings. The number of hydrogen-bond donors (Lipinski definition) is 2. The van der Waals surface area contributed by atoms with E-state index < -0.39 is 5.97 Å². The van der Waals surface area contributed by atoms with Crippen molar-refractivity contribution in [3.05, 3.63) is 65.2 Å². The lowest BCUT2D eigenvalue weighted by Crippen LogP contribution is -2.25. The monoisotopic (exact) mass is 310 g/mol. The summed E-state index contributed by atoms with van der Waals surface area (Å²) >= 11 is 0. The molecule has 0 amide bonds. The summed E-state index contributed by atoms with van der Waals surface area (Å²) in [6, 6.07) is 15.7. The largest absolute Gasteiger partial charge is 0.478 e. The topological polar surface area (TPSA) is 52.6 Å². The molecule has 0 bridgehead atoms. The number of nitrogens with zero attached hydrogens (tertiary/aromatic N) is 1. The second kappa shape index (κ2) is 7.29. The third-order valence-electron chi connectivity index (χ3n) is 4.29. The molecule has 0 aliphatic carbocycles. The Bertz CT molecular complexity index is 667. The summed E-state index contributed by atoms with van der Waals surface area (Å²) in [4.78, 5) is 13.3. The number of fused-ring (bicyclic) bond motifs is 1. The average molecular weight is 310 g/mol. The van der Waals surface area contributed by atoms with Gasteiger partial charge >= 0.3 is 5.97 Å². The lowest BCUT2D eigenvalue weighted by atomic mass is 10.1. The molecule has 0 unspecified atom stereocenters. The molecule has 0 radical (unpaired) electrons. The molecule has 0 aromatic heterocycles. The first-order chi connectivity index (χ1) is 11.2. The van der Waals surface area contributed by atoms with Crippen LogP contribution in [0.3, 0.4) is 0 Å². The lowest BCUT2D eigenvalue weighted by molar-refractivity contribution is 0.0697. The first-order valence-corrected chi connectivity index (χ1v) is 8.10. The second-order valence-corrected chi connectivity index (χ2v) is 5.90. The molecule has 0 fully saturated rings. The van der Waals surface area contributed by atoms with Crippen molar-refractivity contribution in [2.45, 2.75) is 19.4 Å². The van der Waals surface area contributed by atoms with Crippen LogP contribution in [0, 0.1) is 0 Å². The van der Waals surface area contributed by atoms with Crippen LogP contribution < -0.4 is 10.2 Å². The van der Waals surface area contributed by atoms with Crippen LogP contribution in [-0.4, -0.2) is 30.7 Å². The Labute approximate surface area is 136 Å². The Morgan fingerprint density at radius 2 is 1.91 bits per heavy atom. The van der Waals surface area contributed by atoms with Gasteiger partial charge in [0.25, 0.3) is 0 Å². The fraction of sp³-hybridized carbons (Fsp3) is 0.316. The van der Waals surface area contributed by atoms with Crippen LogP contribution in [0.5, 0.6) is 0 Å². The fourth-order valence-electron chi connectivity index (χ4n) is 3.03. The average Bonchev–Trinajstić information content (AvgIpc) is 2.98. The van der Waals surface area contributed by atoms with E-state index in [0.29, 0.717) is 5.56 Å². The number of hydrogen-bond acceptors (Lipinski definition) is 3. The summed E-state index contributed by atoms with van der Waals surface area (Å²) in [5, 5.41) is 12.3. The van der Waals surface area contributed by atoms with Gasteiger partial charge < -0.3 is 15.3 Å². The molecule has 0 saturated carbocycles. The van der Waals surface area contributed by atoms with Crippen molar-refractivity contribution in [3.63, 3.8) is 0 Å². The van der Waals surface area contributed by atoms with Gasteiger partial charge in [-0.2, -0.15) is 0 Å². The predicted octanol–water partition coefficient (Wildman–Crippen LogP) is 2.93. The molecule has 2 aromatic rings. The van der Waals surface area contributed by atoms with Gasteiger partial charge in [-0.1, -0.05) is 30.3 Å². The number of aromatic carboxylic acids is 1. The Morgan fingerprint density at radius 3 is 2.70 bits per heavy atom. The molecule has 3 rings (SSSR count). The predicted molar refractivity (Wildman–Crippen MR) is 92.1 cm³/mol. The first-order valence-electron chi connectivity index (χ1n) is 8.10. The van der Waals surface area contributed by atoms with Crippen molar-refractivity contribution in [1.82, 2.24) is 5.32 Å². The molecule has 120 valence electrons. The van der Waals surface area contributed by atoms with E-state index in [1.807, 2.05) is 12.1 Å². The van der Waals surface area contributed by atoms with Crippen LogP contribution in [0.4, 0.5) is 5.69 Å². The number of carboxylic acid groups (broad SMARTS) is 1. The van der Waals surface area contributed by atoms with Crippen molar-refractivity contribution >= 4 is 11.7 Å². The minimum absolute atomic E-state index is 0.335. The summed E-state index contributed by atoms with van der Waals surface area (Å²) < 4.78 is 0. The van der Waals surface area contributed by atoms with Crippen molar-refractivity contribution in [3.8, 4) is 0 Å². The molecule has 0 saturated heterocycles. The first kappa shape index (κ1) is 15.6. The van der Waals surface area contributed by atoms with E-state index in [2.05, 4.69) is 34.5 Å². The van der Waals surface area contributed by atoms with Gasteiger partial charge in [-0.15, -0.1) is 0 Å². The zero-order chi connectivity index (χ0) is 16.1. The SMILES string of the molecule is O=C(O)c1ccc(CNCCCN2CCc3ccccc32)cc1. The van der Waals surface area contributed by atoms with Crippen molar-refractivity contribution in [1.29, 1.82) is 0 Å². The number of benzene rings is 2. The Balaban J connectivity index is 1.38. The van der Waals surface area contributed by atoms with Crippen LogP contribution in [0.15, 0.2) is 48.5 Å². The second-order valence-electron chi connectivity index (χ2n) is 5.90. The van der Waals surface area contributed by atoms with Crippen LogP contribution in [0.25, 0.3) is 0 Å². The van der Waals surface area contributed by atoms with Gasteiger partial charge in [0.1, 0.15) is 0 Å². The number of rotatable bonds is 7. The highest BCUT2D eigenvalue weighted by molar-refractivity contribution is 5.87. The van der Waals surface area contributed by atoms with Crippen molar-refractivity contribution in [2.75, 3.05) is 24.5 Å². The zero-order valence-electron chi connectivity index (χ0n) is 13.2. The van der Waals surface area contributed by atoms with E-state index in [1.165, 1.54) is 11.3 Å². The molecule has 0 atom stereocenters. The standard InChI is InChI=1S/C19H22N2O2/c22-19(23)17-8-6-15(7-9-17)14-20-11-3-12-21-13-10-16-4-1-2-5-18(16)21/h1-2,4-9,20H,3,10-14H2,(H,22,23). The molecule has 4 nitrogen and oxygen atoms in total. The van der Waals surface area contributed by atoms with E-state index in [0.717, 1.165) is 44.6 Å². The summed E-state index contributed by atoms with van der Waals surface area (Å²) in [5.41, 5.74) is 4.29. The molecule has 23 heavy (non-hydrogen) atoms. The van der Waals surface area contributed by atoms with E-state index in [9.17, 15) is 4.79 Å². The Hall–Kier alpha value is -2.33. The third kappa shape index (κ3) is 3.90. The van der Waals surface area contributed by atoms with E-state index in [4.69, 9.17) is 5.11 Å². The van der Waals surface area contributed by atoms with Crippen LogP contribution in [0.2, 0.25) is 0 Å². The summed E-state index contributed by atoms with van der Waals surface area (Å²) in [7, 11) is 0. The molecular weight excluding hydrogens is 288 g/mol. The van der Waals surface area contributed by atoms with Crippen molar-refractivity contribution in [2.24, 2.45) is 0 Å². The maximum Gasteiger partial charge on any atom is 0.335 e. The number of carboxylic acids is 1. The van der Waals surface area contributed by atoms with E-state index in [1.54, 1.807) is 12.1 Å². The summed E-state index contributed by atoms with van der Waals surface area (Å²) in [5.74, 6) is -0.879. The molecule has 1 heterocycles. The van der Waals surface area contributed by atoms with Gasteiger partial charge in [0, 0.05) is 25.3 Å². The smallest absolute Gasteiger partial charge is 0.335 e. The zero-order valence-corrected chi connectivity index (χ0v) is 13.2. The molecular formula is C19H22N2O2. The molecule has 2 N–H and O–H groups in total. The molecule has 2 aromatic carbocycles. The van der Waals surface area contributed by atoms with Gasteiger partial charge in [-0.05, 0) is 48.7 Å². The highest BCUT2D eigenvalue weighted by Crippen LogP contribution is 2.27. The van der Waals surface area contributed by atoms with E-state index >= 15 is 0 Å². The van der Waals surface area contributed by atoms with Crippen molar-refractivity contribution < 1.29 is 9.90 Å². The van der Waals surface area contributed by atoms with Gasteiger partial charge in [-0.25, -0.2) is 4.79 Å². The quantitative estimate of drug-likeness (QED) is 0.772. The normalized spacial score (nSPS) is 13.1. The lowest BCUT2D eigenvalue weighted by Gasteiger charge is -2.19. The highest BCUT2D eigenvalue weighted by Gasteiger charge is 2.17. The molecule has 4 heteroatoms. The van der Waals surface area contributed by atoms with Crippen LogP contribution in [0.1, 0.15) is 27.9 Å². The number of para-hydroxylation sites is 1. The maximum atomic E-state index is 10.8. The van der Waals surface area contributed by atoms with Gasteiger partial charge in [0.15, 0.2) is 0 Å². The Morgan fingerprint density at radius 1 is 1.13 bits per heavy atom. The minimum Gasteiger partial charge on any atom is -0.478 e. The number of nitrogens with one attached hydrogen (secondary N) is 1. The third-order valence-corrected chi connectivity index (χ3v) is 4.29. The van der Waals surface area contributed by atoms with Crippen LogP contribution in [-0.2, 0) is 13.0 Å². The highest BCUT2D eigenvalue weighted by atomic mass is 16.4. The number of anilines is 1. The van der Waals surface area contributed by atoms with Gasteiger partial charge in [-0.3, -0.25) is 0 Å².